The largest absolute Gasteiger partial charge is 0.500 e. The van der Waals surface area contributed by atoms with Gasteiger partial charge in [-0.25, -0.2) is 0 Å². The van der Waals surface area contributed by atoms with E-state index in [0.717, 1.165) is 25.1 Å². The van der Waals surface area contributed by atoms with E-state index in [1.807, 2.05) is 11.0 Å². The molecule has 0 spiro atoms. The number of amides is 1. The van der Waals surface area contributed by atoms with Crippen LogP contribution in [0.2, 0.25) is 0 Å². The third kappa shape index (κ3) is 1.06. The van der Waals surface area contributed by atoms with Crippen molar-refractivity contribution < 1.29 is 9.53 Å². The van der Waals surface area contributed by atoms with Crippen molar-refractivity contribution in [3.8, 4) is 0 Å². The second kappa shape index (κ2) is 3.05. The van der Waals surface area contributed by atoms with Gasteiger partial charge in [-0.05, 0) is 12.5 Å². The van der Waals surface area contributed by atoms with Gasteiger partial charge in [0.25, 0.3) is 0 Å². The maximum Gasteiger partial charge on any atom is 0.236 e. The van der Waals surface area contributed by atoms with E-state index in [0.29, 0.717) is 6.04 Å². The monoisotopic (exact) mass is 181 g/mol. The maximum absolute atomic E-state index is 11.5. The quantitative estimate of drug-likeness (QED) is 0.609. The first-order valence-corrected chi connectivity index (χ1v) is 4.85. The Morgan fingerprint density at radius 1 is 1.62 bits per heavy atom. The van der Waals surface area contributed by atoms with E-state index in [2.05, 4.69) is 6.92 Å². The number of carbonyl (C=O) groups excluding carboxylic acids is 1. The Morgan fingerprint density at radius 3 is 2.92 bits per heavy atom. The fourth-order valence-corrected chi connectivity index (χ4v) is 1.98. The minimum atomic E-state index is 0.0712. The first-order valence-electron chi connectivity index (χ1n) is 4.85. The van der Waals surface area contributed by atoms with Gasteiger partial charge in [0, 0.05) is 6.54 Å². The highest BCUT2D eigenvalue weighted by Gasteiger charge is 2.54. The molecule has 3 nitrogen and oxygen atoms in total. The number of unbranched alkanes of at least 4 members (excludes halogenated alkanes) is 1. The lowest BCUT2D eigenvalue weighted by Gasteiger charge is -2.51. The van der Waals surface area contributed by atoms with Crippen LogP contribution in [0.1, 0.15) is 19.8 Å². The molecule has 0 radical (unpaired) electrons. The summed E-state index contributed by atoms with van der Waals surface area (Å²) in [5, 5.41) is 0. The van der Waals surface area contributed by atoms with E-state index in [4.69, 9.17) is 4.74 Å². The molecule has 72 valence electrons. The highest BCUT2D eigenvalue weighted by molar-refractivity contribution is 5.91. The van der Waals surface area contributed by atoms with Gasteiger partial charge in [-0.1, -0.05) is 13.3 Å². The number of rotatable bonds is 4. The summed E-state index contributed by atoms with van der Waals surface area (Å²) in [6.45, 7) is 3.04. The molecule has 1 heterocycles. The molecule has 1 fully saturated rings. The van der Waals surface area contributed by atoms with Crippen LogP contribution in [0.5, 0.6) is 0 Å². The van der Waals surface area contributed by atoms with Gasteiger partial charge in [-0.2, -0.15) is 0 Å². The smallest absolute Gasteiger partial charge is 0.236 e. The van der Waals surface area contributed by atoms with E-state index in [1.165, 1.54) is 0 Å². The van der Waals surface area contributed by atoms with Crippen molar-refractivity contribution in [1.29, 1.82) is 0 Å². The molecule has 0 aromatic carbocycles. The Bertz CT molecular complexity index is 260. The van der Waals surface area contributed by atoms with E-state index in [9.17, 15) is 4.79 Å². The number of likely N-dealkylation sites (tertiary alicyclic amines) is 1. The van der Waals surface area contributed by atoms with E-state index in [-0.39, 0.29) is 11.8 Å². The SMILES string of the molecule is CCCCN1C(=O)[C@H]2C(OC)=C[C@H]21. The topological polar surface area (TPSA) is 29.5 Å². The second-order valence-electron chi connectivity index (χ2n) is 3.63. The molecule has 0 aromatic rings. The Balaban J connectivity index is 1.91. The first kappa shape index (κ1) is 8.60. The summed E-state index contributed by atoms with van der Waals surface area (Å²) < 4.78 is 5.06. The van der Waals surface area contributed by atoms with Gasteiger partial charge in [0.15, 0.2) is 0 Å². The van der Waals surface area contributed by atoms with Crippen LogP contribution >= 0.6 is 0 Å². The van der Waals surface area contributed by atoms with E-state index < -0.39 is 0 Å². The number of nitrogens with zero attached hydrogens (tertiary/aromatic N) is 1. The molecule has 0 bridgehead atoms. The zero-order valence-corrected chi connectivity index (χ0v) is 8.12. The lowest BCUT2D eigenvalue weighted by molar-refractivity contribution is -0.156. The van der Waals surface area contributed by atoms with E-state index in [1.54, 1.807) is 7.11 Å². The molecule has 0 N–H and O–H groups in total. The van der Waals surface area contributed by atoms with Gasteiger partial charge in [0.2, 0.25) is 5.91 Å². The number of β-lactam (4-membered cyclic amide) rings is 1. The lowest BCUT2D eigenvalue weighted by Crippen LogP contribution is -2.65. The summed E-state index contributed by atoms with van der Waals surface area (Å²) in [4.78, 5) is 13.4. The molecule has 0 saturated carbocycles. The number of fused-ring (bicyclic) bond motifs is 1. The predicted molar refractivity (Wildman–Crippen MR) is 49.0 cm³/mol. The van der Waals surface area contributed by atoms with Gasteiger partial charge in [-0.15, -0.1) is 0 Å². The summed E-state index contributed by atoms with van der Waals surface area (Å²) in [5.74, 6) is 1.18. The van der Waals surface area contributed by atoms with Crippen LogP contribution < -0.4 is 0 Å². The zero-order valence-electron chi connectivity index (χ0n) is 8.12. The molecular formula is C10H15NO2. The number of carbonyl (C=O) groups is 1. The van der Waals surface area contributed by atoms with Gasteiger partial charge < -0.3 is 9.64 Å². The first-order chi connectivity index (χ1) is 6.29. The molecule has 3 heteroatoms. The number of hydrogen-bond donors (Lipinski definition) is 0. The number of methoxy groups -OCH3 is 1. The molecule has 1 saturated heterocycles. The number of ether oxygens (including phenoxy) is 1. The predicted octanol–water partition coefficient (Wildman–Crippen LogP) is 1.16. The van der Waals surface area contributed by atoms with Crippen LogP contribution in [-0.2, 0) is 9.53 Å². The molecule has 2 aliphatic rings. The molecule has 0 unspecified atom stereocenters. The van der Waals surface area contributed by atoms with Crippen LogP contribution in [0.4, 0.5) is 0 Å². The number of hydrogen-bond acceptors (Lipinski definition) is 2. The summed E-state index contributed by atoms with van der Waals surface area (Å²) in [6.07, 6.45) is 4.29. The Hall–Kier alpha value is -0.990. The zero-order chi connectivity index (χ0) is 9.42. The molecule has 13 heavy (non-hydrogen) atoms. The molecule has 0 aromatic heterocycles. The maximum atomic E-state index is 11.5. The average Bonchev–Trinajstić information content (AvgIpc) is 2.09. The van der Waals surface area contributed by atoms with Crippen molar-refractivity contribution in [1.82, 2.24) is 4.90 Å². The third-order valence-electron chi connectivity index (χ3n) is 2.88. The molecule has 1 aliphatic heterocycles. The van der Waals surface area contributed by atoms with Crippen molar-refractivity contribution in [3.05, 3.63) is 11.8 Å². The molecular weight excluding hydrogens is 166 g/mol. The summed E-state index contributed by atoms with van der Waals surface area (Å²) >= 11 is 0. The van der Waals surface area contributed by atoms with Gasteiger partial charge >= 0.3 is 0 Å². The van der Waals surface area contributed by atoms with Gasteiger partial charge in [0.05, 0.1) is 13.2 Å². The van der Waals surface area contributed by atoms with Gasteiger partial charge in [0.1, 0.15) is 11.7 Å². The van der Waals surface area contributed by atoms with Crippen LogP contribution in [0, 0.1) is 5.92 Å². The summed E-state index contributed by atoms with van der Waals surface area (Å²) in [6, 6.07) is 0.356. The third-order valence-corrected chi connectivity index (χ3v) is 2.88. The normalized spacial score (nSPS) is 30.2. The fraction of sp³-hybridized carbons (Fsp3) is 0.700. The molecule has 1 aliphatic carbocycles. The Labute approximate surface area is 78.4 Å². The summed E-state index contributed by atoms with van der Waals surface area (Å²) in [5.41, 5.74) is 0. The fourth-order valence-electron chi connectivity index (χ4n) is 1.98. The van der Waals surface area contributed by atoms with Crippen LogP contribution in [0.15, 0.2) is 11.8 Å². The summed E-state index contributed by atoms with van der Waals surface area (Å²) in [7, 11) is 1.63. The Morgan fingerprint density at radius 2 is 2.38 bits per heavy atom. The second-order valence-corrected chi connectivity index (χ2v) is 3.63. The van der Waals surface area contributed by atoms with Crippen molar-refractivity contribution >= 4 is 5.91 Å². The van der Waals surface area contributed by atoms with Crippen LogP contribution in [0.25, 0.3) is 0 Å². The minimum absolute atomic E-state index is 0.0712. The van der Waals surface area contributed by atoms with Crippen LogP contribution in [0.3, 0.4) is 0 Å². The van der Waals surface area contributed by atoms with Crippen molar-refractivity contribution in [2.45, 2.75) is 25.8 Å². The van der Waals surface area contributed by atoms with Crippen molar-refractivity contribution in [2.75, 3.05) is 13.7 Å². The minimum Gasteiger partial charge on any atom is -0.500 e. The van der Waals surface area contributed by atoms with Crippen molar-refractivity contribution in [3.63, 3.8) is 0 Å². The molecule has 1 amide bonds. The van der Waals surface area contributed by atoms with Crippen LogP contribution in [-0.4, -0.2) is 30.5 Å². The average molecular weight is 181 g/mol. The Kier molecular flexibility index (Phi) is 2.02. The standard InChI is InChI=1S/C10H15NO2/c1-3-4-5-11-7-6-8(13-2)9(7)10(11)12/h6-7,9H,3-5H2,1-2H3/t7-,9-/m1/s1. The molecule has 2 rings (SSSR count). The van der Waals surface area contributed by atoms with E-state index >= 15 is 0 Å². The van der Waals surface area contributed by atoms with Crippen molar-refractivity contribution in [2.24, 2.45) is 5.92 Å². The highest BCUT2D eigenvalue weighted by atomic mass is 16.5. The lowest BCUT2D eigenvalue weighted by atomic mass is 9.76. The molecule has 2 atom stereocenters. The highest BCUT2D eigenvalue weighted by Crippen LogP contribution is 2.42. The van der Waals surface area contributed by atoms with Gasteiger partial charge in [-0.3, -0.25) is 4.79 Å².